The molecular formula is C17H17F2N3O. The summed E-state index contributed by atoms with van der Waals surface area (Å²) in [5.41, 5.74) is 8.11. The minimum atomic E-state index is -0.902. The summed E-state index contributed by atoms with van der Waals surface area (Å²) in [5, 5.41) is 3.19. The molecule has 3 aromatic rings. The van der Waals surface area contributed by atoms with Gasteiger partial charge in [0.15, 0.2) is 0 Å². The molecule has 23 heavy (non-hydrogen) atoms. The largest absolute Gasteiger partial charge is 0.495 e. The van der Waals surface area contributed by atoms with Gasteiger partial charge in [0.2, 0.25) is 5.95 Å². The summed E-state index contributed by atoms with van der Waals surface area (Å²) in [6.07, 6.45) is 0. The monoisotopic (exact) mass is 317 g/mol. The molecule has 0 saturated heterocycles. The summed E-state index contributed by atoms with van der Waals surface area (Å²) in [7, 11) is 1.42. The smallest absolute Gasteiger partial charge is 0.247 e. The van der Waals surface area contributed by atoms with Gasteiger partial charge in [-0.3, -0.25) is 0 Å². The predicted octanol–water partition coefficient (Wildman–Crippen LogP) is 3.78. The summed E-state index contributed by atoms with van der Waals surface area (Å²) in [5.74, 6) is -0.649. The molecule has 0 aliphatic heterocycles. The van der Waals surface area contributed by atoms with Crippen LogP contribution in [0.25, 0.3) is 22.0 Å². The van der Waals surface area contributed by atoms with Gasteiger partial charge in [-0.2, -0.15) is 4.39 Å². The van der Waals surface area contributed by atoms with Crippen LogP contribution < -0.4 is 10.5 Å². The lowest BCUT2D eigenvalue weighted by atomic mass is 9.93. The quantitative estimate of drug-likeness (QED) is 0.800. The highest BCUT2D eigenvalue weighted by Gasteiger charge is 2.20. The van der Waals surface area contributed by atoms with E-state index < -0.39 is 11.5 Å². The van der Waals surface area contributed by atoms with Crippen LogP contribution in [0.5, 0.6) is 5.75 Å². The normalized spacial score (nSPS) is 11.9. The first-order valence-corrected chi connectivity index (χ1v) is 7.14. The summed E-state index contributed by atoms with van der Waals surface area (Å²) >= 11 is 0. The van der Waals surface area contributed by atoms with Gasteiger partial charge in [0, 0.05) is 11.1 Å². The van der Waals surface area contributed by atoms with Crippen molar-refractivity contribution in [2.75, 3.05) is 7.11 Å². The van der Waals surface area contributed by atoms with Crippen molar-refractivity contribution in [2.45, 2.75) is 19.4 Å². The molecule has 0 aliphatic carbocycles. The van der Waals surface area contributed by atoms with E-state index in [9.17, 15) is 8.87 Å². The van der Waals surface area contributed by atoms with Crippen LogP contribution in [0.15, 0.2) is 36.4 Å². The van der Waals surface area contributed by atoms with Crippen molar-refractivity contribution in [1.29, 1.82) is 0 Å². The molecule has 2 N–H and O–H groups in total. The molecule has 3 rings (SSSR count). The van der Waals surface area contributed by atoms with E-state index in [-0.39, 0.29) is 21.6 Å². The number of ether oxygens (including phenoxy) is 1. The second kappa shape index (κ2) is 5.31. The predicted molar refractivity (Wildman–Crippen MR) is 85.4 cm³/mol. The lowest BCUT2D eigenvalue weighted by Crippen LogP contribution is -2.28. The van der Waals surface area contributed by atoms with Gasteiger partial charge in [0.05, 0.1) is 7.11 Å². The number of hydrogen-bond donors (Lipinski definition) is 1. The lowest BCUT2D eigenvalue weighted by molar-refractivity contribution is 0.317. The van der Waals surface area contributed by atoms with Gasteiger partial charge in [-0.05, 0) is 37.1 Å². The molecule has 0 bridgehead atoms. The van der Waals surface area contributed by atoms with E-state index in [4.69, 9.17) is 10.5 Å². The Morgan fingerprint density at radius 3 is 2.35 bits per heavy atom. The first-order chi connectivity index (χ1) is 10.8. The maximum Gasteiger partial charge on any atom is 0.247 e. The number of methoxy groups -OCH3 is 1. The van der Waals surface area contributed by atoms with E-state index >= 15 is 0 Å². The van der Waals surface area contributed by atoms with E-state index in [1.165, 1.54) is 13.2 Å². The van der Waals surface area contributed by atoms with E-state index in [0.29, 0.717) is 5.56 Å². The van der Waals surface area contributed by atoms with Crippen LogP contribution >= 0.6 is 0 Å². The third-order valence-corrected chi connectivity index (χ3v) is 3.86. The Kier molecular flexibility index (Phi) is 3.56. The number of hydrogen-bond acceptors (Lipinski definition) is 3. The Hall–Kier alpha value is -2.47. The molecule has 0 amide bonds. The van der Waals surface area contributed by atoms with Crippen LogP contribution in [-0.4, -0.2) is 17.1 Å². The first kappa shape index (κ1) is 15.4. The molecule has 1 heterocycles. The number of fused-ring (bicyclic) bond motifs is 1. The zero-order chi connectivity index (χ0) is 16.8. The van der Waals surface area contributed by atoms with Crippen molar-refractivity contribution in [3.05, 3.63) is 47.9 Å². The molecular weight excluding hydrogens is 300 g/mol. The van der Waals surface area contributed by atoms with E-state index in [1.807, 2.05) is 38.1 Å². The van der Waals surface area contributed by atoms with Gasteiger partial charge < -0.3 is 10.5 Å². The van der Waals surface area contributed by atoms with Crippen LogP contribution in [0.2, 0.25) is 0 Å². The number of halogens is 2. The third-order valence-electron chi connectivity index (χ3n) is 3.86. The van der Waals surface area contributed by atoms with Crippen molar-refractivity contribution >= 4 is 10.9 Å². The number of rotatable bonds is 3. The highest BCUT2D eigenvalue weighted by molar-refractivity contribution is 5.93. The number of nitrogens with zero attached hydrogens (tertiary/aromatic N) is 2. The van der Waals surface area contributed by atoms with Gasteiger partial charge in [0.25, 0.3) is 0 Å². The fourth-order valence-corrected chi connectivity index (χ4v) is 2.63. The fraction of sp³-hybridized carbons (Fsp3) is 0.235. The molecule has 2 aromatic carbocycles. The highest BCUT2D eigenvalue weighted by Crippen LogP contribution is 2.38. The van der Waals surface area contributed by atoms with Crippen LogP contribution in [0.3, 0.4) is 0 Å². The molecule has 0 unspecified atom stereocenters. The molecule has 120 valence electrons. The van der Waals surface area contributed by atoms with Crippen LogP contribution in [-0.2, 0) is 5.54 Å². The standard InChI is InChI=1S/C17H17F2N3O/c1-17(2,20)11-6-4-10(5-7-11)12-8-9-13-14(15(12)23-3)16(18)21-22(13)19/h4-9H,20H2,1-3H3. The SMILES string of the molecule is COc1c(-c2ccc(C(C)(C)N)cc2)ccc2c1c(F)nn2F. The van der Waals surface area contributed by atoms with E-state index in [2.05, 4.69) is 5.10 Å². The molecule has 0 atom stereocenters. The average molecular weight is 317 g/mol. The van der Waals surface area contributed by atoms with Gasteiger partial charge in [-0.15, -0.1) is 5.10 Å². The molecule has 0 aliphatic rings. The van der Waals surface area contributed by atoms with Crippen LogP contribution in [0.4, 0.5) is 8.87 Å². The molecule has 0 radical (unpaired) electrons. The Labute approximate surface area is 132 Å². The Morgan fingerprint density at radius 1 is 1.13 bits per heavy atom. The zero-order valence-electron chi connectivity index (χ0n) is 13.1. The second-order valence-electron chi connectivity index (χ2n) is 5.99. The number of nitrogens with two attached hydrogens (primary N) is 1. The average Bonchev–Trinajstić information content (AvgIpc) is 2.80. The maximum atomic E-state index is 13.9. The van der Waals surface area contributed by atoms with E-state index in [0.717, 1.165) is 11.1 Å². The zero-order valence-corrected chi connectivity index (χ0v) is 13.1. The van der Waals surface area contributed by atoms with E-state index in [1.54, 1.807) is 6.07 Å². The minimum Gasteiger partial charge on any atom is -0.495 e. The molecule has 4 nitrogen and oxygen atoms in total. The van der Waals surface area contributed by atoms with Crippen molar-refractivity contribution < 1.29 is 13.6 Å². The summed E-state index contributed by atoms with van der Waals surface area (Å²) < 4.78 is 32.8. The third kappa shape index (κ3) is 2.55. The lowest BCUT2D eigenvalue weighted by Gasteiger charge is -2.19. The van der Waals surface area contributed by atoms with Crippen molar-refractivity contribution in [2.24, 2.45) is 5.73 Å². The van der Waals surface area contributed by atoms with Gasteiger partial charge >= 0.3 is 0 Å². The summed E-state index contributed by atoms with van der Waals surface area (Å²) in [6, 6.07) is 10.7. The van der Waals surface area contributed by atoms with Crippen molar-refractivity contribution in [3.63, 3.8) is 0 Å². The number of benzene rings is 2. The Morgan fingerprint density at radius 2 is 1.78 bits per heavy atom. The molecule has 0 fully saturated rings. The second-order valence-corrected chi connectivity index (χ2v) is 5.99. The molecule has 6 heteroatoms. The van der Waals surface area contributed by atoms with Crippen molar-refractivity contribution in [3.8, 4) is 16.9 Å². The van der Waals surface area contributed by atoms with Crippen LogP contribution in [0, 0.1) is 5.95 Å². The maximum absolute atomic E-state index is 13.9. The van der Waals surface area contributed by atoms with Crippen LogP contribution in [0.1, 0.15) is 19.4 Å². The fourth-order valence-electron chi connectivity index (χ4n) is 2.63. The minimum absolute atomic E-state index is 0.0109. The molecule has 0 spiro atoms. The molecule has 0 saturated carbocycles. The summed E-state index contributed by atoms with van der Waals surface area (Å²) in [4.78, 5) is 0.0109. The topological polar surface area (TPSA) is 53.1 Å². The van der Waals surface area contributed by atoms with Gasteiger partial charge in [-0.25, -0.2) is 0 Å². The van der Waals surface area contributed by atoms with Gasteiger partial charge in [0.1, 0.15) is 16.7 Å². The highest BCUT2D eigenvalue weighted by atomic mass is 19.2. The molecule has 1 aromatic heterocycles. The first-order valence-electron chi connectivity index (χ1n) is 7.14. The number of aromatic nitrogens is 2. The van der Waals surface area contributed by atoms with Gasteiger partial charge in [-0.1, -0.05) is 33.7 Å². The Balaban J connectivity index is 2.18. The van der Waals surface area contributed by atoms with Crippen molar-refractivity contribution in [1.82, 2.24) is 10.0 Å². The Bertz CT molecular complexity index is 864. The summed E-state index contributed by atoms with van der Waals surface area (Å²) in [6.45, 7) is 3.83.